The van der Waals surface area contributed by atoms with Crippen LogP contribution in [0.2, 0.25) is 0 Å². The molecule has 29 heavy (non-hydrogen) atoms. The van der Waals surface area contributed by atoms with Gasteiger partial charge in [-0.2, -0.15) is 26.3 Å². The summed E-state index contributed by atoms with van der Waals surface area (Å²) in [5.41, 5.74) is -2.98. The second-order valence-electron chi connectivity index (χ2n) is 6.06. The number of hydrogen-bond acceptors (Lipinski definition) is 5. The van der Waals surface area contributed by atoms with Gasteiger partial charge in [-0.05, 0) is 12.1 Å². The average Bonchev–Trinajstić information content (AvgIpc) is 2.96. The first kappa shape index (κ1) is 21.0. The average molecular weight is 439 g/mol. The summed E-state index contributed by atoms with van der Waals surface area (Å²) in [6.45, 7) is 0.809. The minimum absolute atomic E-state index is 0.0598. The minimum Gasteiger partial charge on any atom is -0.287 e. The third-order valence-electron chi connectivity index (χ3n) is 4.21. The molecule has 1 aliphatic rings. The molecule has 6 nitrogen and oxygen atoms in total. The van der Waals surface area contributed by atoms with Crippen LogP contribution in [0.3, 0.4) is 0 Å². The van der Waals surface area contributed by atoms with E-state index in [4.69, 9.17) is 0 Å². The van der Waals surface area contributed by atoms with Gasteiger partial charge in [0, 0.05) is 23.5 Å². The molecule has 2 aromatic heterocycles. The van der Waals surface area contributed by atoms with Gasteiger partial charge in [0.15, 0.2) is 15.7 Å². The molecule has 0 saturated heterocycles. The standard InChI is InChI=1S/C16H11F6N3O3S/c1-2-29(27,28)11-3-9(15(17,18)19)6-24-13(11)25-7-8-5-23-12(16(20,21)22)4-10(8)14(25)26/h3-6H,2,7H2,1H3. The van der Waals surface area contributed by atoms with Gasteiger partial charge in [-0.15, -0.1) is 0 Å². The van der Waals surface area contributed by atoms with Crippen molar-refractivity contribution in [3.63, 3.8) is 0 Å². The molecule has 0 saturated carbocycles. The molecule has 3 rings (SSSR count). The highest BCUT2D eigenvalue weighted by molar-refractivity contribution is 7.91. The Morgan fingerprint density at radius 2 is 1.69 bits per heavy atom. The summed E-state index contributed by atoms with van der Waals surface area (Å²) < 4.78 is 102. The van der Waals surface area contributed by atoms with E-state index in [1.165, 1.54) is 6.92 Å². The second-order valence-corrected chi connectivity index (χ2v) is 8.31. The first-order chi connectivity index (χ1) is 13.3. The van der Waals surface area contributed by atoms with E-state index in [1.54, 1.807) is 0 Å². The van der Waals surface area contributed by atoms with E-state index >= 15 is 0 Å². The summed E-state index contributed by atoms with van der Waals surface area (Å²) in [5.74, 6) is -2.18. The quantitative estimate of drug-likeness (QED) is 0.685. The van der Waals surface area contributed by atoms with Crippen molar-refractivity contribution in [2.75, 3.05) is 10.7 Å². The van der Waals surface area contributed by atoms with Crippen LogP contribution in [0, 0.1) is 0 Å². The van der Waals surface area contributed by atoms with Crippen molar-refractivity contribution >= 4 is 21.6 Å². The number of hydrogen-bond donors (Lipinski definition) is 0. The normalized spacial score (nSPS) is 15.0. The number of fused-ring (bicyclic) bond motifs is 1. The van der Waals surface area contributed by atoms with Crippen LogP contribution in [0.25, 0.3) is 0 Å². The molecule has 0 aromatic carbocycles. The molecule has 0 fully saturated rings. The Morgan fingerprint density at radius 1 is 1.03 bits per heavy atom. The second kappa shape index (κ2) is 6.68. The van der Waals surface area contributed by atoms with Crippen LogP contribution < -0.4 is 4.90 Å². The Morgan fingerprint density at radius 3 is 2.24 bits per heavy atom. The Hall–Kier alpha value is -2.70. The van der Waals surface area contributed by atoms with Crippen molar-refractivity contribution in [3.05, 3.63) is 46.9 Å². The van der Waals surface area contributed by atoms with Crippen LogP contribution in [0.5, 0.6) is 0 Å². The fourth-order valence-corrected chi connectivity index (χ4v) is 3.76. The molecule has 0 bridgehead atoms. The summed E-state index contributed by atoms with van der Waals surface area (Å²) in [6.07, 6.45) is -8.52. The van der Waals surface area contributed by atoms with Gasteiger partial charge in [-0.1, -0.05) is 6.92 Å². The van der Waals surface area contributed by atoms with Crippen molar-refractivity contribution in [2.24, 2.45) is 0 Å². The third kappa shape index (κ3) is 3.78. The molecule has 0 atom stereocenters. The van der Waals surface area contributed by atoms with Crippen LogP contribution in [0.1, 0.15) is 34.1 Å². The molecule has 3 heterocycles. The zero-order valence-electron chi connectivity index (χ0n) is 14.5. The molecule has 156 valence electrons. The number of anilines is 1. The number of carbonyl (C=O) groups excluding carboxylic acids is 1. The number of aromatic nitrogens is 2. The SMILES string of the molecule is CCS(=O)(=O)c1cc(C(F)(F)F)cnc1N1Cc2cnc(C(F)(F)F)cc2C1=O. The van der Waals surface area contributed by atoms with Gasteiger partial charge in [0.05, 0.1) is 17.9 Å². The van der Waals surface area contributed by atoms with Gasteiger partial charge in [-0.25, -0.2) is 13.4 Å². The highest BCUT2D eigenvalue weighted by Crippen LogP contribution is 2.37. The number of carbonyl (C=O) groups is 1. The topological polar surface area (TPSA) is 80.2 Å². The summed E-state index contributed by atoms with van der Waals surface area (Å²) >= 11 is 0. The Kier molecular flexibility index (Phi) is 4.84. The zero-order chi connectivity index (χ0) is 21.8. The van der Waals surface area contributed by atoms with E-state index in [0.717, 1.165) is 11.1 Å². The molecule has 1 amide bonds. The summed E-state index contributed by atoms with van der Waals surface area (Å²) in [6, 6.07) is 0.868. The lowest BCUT2D eigenvalue weighted by atomic mass is 10.1. The van der Waals surface area contributed by atoms with Gasteiger partial charge in [0.2, 0.25) is 0 Å². The van der Waals surface area contributed by atoms with E-state index in [0.29, 0.717) is 18.3 Å². The Bertz CT molecular complexity index is 1100. The van der Waals surface area contributed by atoms with Crippen molar-refractivity contribution in [2.45, 2.75) is 30.7 Å². The molecule has 2 aromatic rings. The van der Waals surface area contributed by atoms with Crippen LogP contribution in [0.4, 0.5) is 32.2 Å². The van der Waals surface area contributed by atoms with Crippen molar-refractivity contribution in [1.29, 1.82) is 0 Å². The predicted octanol–water partition coefficient (Wildman–Crippen LogP) is 3.47. The van der Waals surface area contributed by atoms with Gasteiger partial charge in [0.25, 0.3) is 5.91 Å². The zero-order valence-corrected chi connectivity index (χ0v) is 15.3. The monoisotopic (exact) mass is 439 g/mol. The molecule has 1 aliphatic heterocycles. The van der Waals surface area contributed by atoms with Gasteiger partial charge in [-0.3, -0.25) is 14.7 Å². The largest absolute Gasteiger partial charge is 0.433 e. The number of pyridine rings is 2. The maximum Gasteiger partial charge on any atom is 0.433 e. The molecule has 0 aliphatic carbocycles. The van der Waals surface area contributed by atoms with Crippen LogP contribution in [-0.2, 0) is 28.7 Å². The van der Waals surface area contributed by atoms with Crippen LogP contribution in [0.15, 0.2) is 29.4 Å². The van der Waals surface area contributed by atoms with E-state index in [9.17, 15) is 39.6 Å². The number of amides is 1. The highest BCUT2D eigenvalue weighted by Gasteiger charge is 2.39. The molecule has 0 N–H and O–H groups in total. The first-order valence-electron chi connectivity index (χ1n) is 7.93. The number of rotatable bonds is 3. The molecular weight excluding hydrogens is 428 g/mol. The highest BCUT2D eigenvalue weighted by atomic mass is 32.2. The summed E-state index contributed by atoms with van der Waals surface area (Å²) in [5, 5.41) is 0. The van der Waals surface area contributed by atoms with Crippen molar-refractivity contribution in [1.82, 2.24) is 9.97 Å². The fourth-order valence-electron chi connectivity index (χ4n) is 2.70. The molecule has 0 unspecified atom stereocenters. The lowest BCUT2D eigenvalue weighted by Gasteiger charge is -2.19. The first-order valence-corrected chi connectivity index (χ1v) is 9.59. The number of nitrogens with zero attached hydrogens (tertiary/aromatic N) is 3. The number of sulfone groups is 1. The van der Waals surface area contributed by atoms with E-state index in [-0.39, 0.29) is 17.7 Å². The summed E-state index contributed by atoms with van der Waals surface area (Å²) in [7, 11) is -4.24. The van der Waals surface area contributed by atoms with Gasteiger partial charge in [0.1, 0.15) is 10.6 Å². The van der Waals surface area contributed by atoms with Crippen LogP contribution >= 0.6 is 0 Å². The van der Waals surface area contributed by atoms with Crippen molar-refractivity contribution < 1.29 is 39.6 Å². The number of halogens is 6. The fraction of sp³-hybridized carbons (Fsp3) is 0.312. The van der Waals surface area contributed by atoms with Gasteiger partial charge >= 0.3 is 12.4 Å². The molecular formula is C16H11F6N3O3S. The van der Waals surface area contributed by atoms with Gasteiger partial charge < -0.3 is 0 Å². The molecule has 13 heteroatoms. The molecule has 0 spiro atoms. The lowest BCUT2D eigenvalue weighted by molar-refractivity contribution is -0.141. The molecule has 0 radical (unpaired) electrons. The van der Waals surface area contributed by atoms with Crippen LogP contribution in [-0.4, -0.2) is 30.0 Å². The van der Waals surface area contributed by atoms with E-state index in [1.807, 2.05) is 0 Å². The maximum absolute atomic E-state index is 13.0. The Balaban J connectivity index is 2.13. The predicted molar refractivity (Wildman–Crippen MR) is 86.7 cm³/mol. The maximum atomic E-state index is 13.0. The van der Waals surface area contributed by atoms with Crippen molar-refractivity contribution in [3.8, 4) is 0 Å². The number of alkyl halides is 6. The Labute approximate surface area is 160 Å². The smallest absolute Gasteiger partial charge is 0.287 e. The minimum atomic E-state index is -4.88. The van der Waals surface area contributed by atoms with E-state index in [2.05, 4.69) is 9.97 Å². The lowest BCUT2D eigenvalue weighted by Crippen LogP contribution is -2.27. The third-order valence-corrected chi connectivity index (χ3v) is 5.94. The van der Waals surface area contributed by atoms with E-state index < -0.39 is 55.8 Å². The summed E-state index contributed by atoms with van der Waals surface area (Å²) in [4.78, 5) is 19.2.